The molecular weight excluding hydrogens is 507 g/mol. The number of likely N-dealkylation sites (tertiary alicyclic amines) is 1. The van der Waals surface area contributed by atoms with Crippen molar-refractivity contribution in [1.29, 1.82) is 0 Å². The minimum Gasteiger partial charge on any atom is -0.375 e. The maximum atomic E-state index is 13.0. The topological polar surface area (TPSA) is 70.7 Å². The molecule has 6 nitrogen and oxygen atoms in total. The van der Waals surface area contributed by atoms with Gasteiger partial charge in [-0.15, -0.1) is 0 Å². The largest absolute Gasteiger partial charge is 0.416 e. The Morgan fingerprint density at radius 3 is 2.44 bits per heavy atom. The average Bonchev–Trinajstić information content (AvgIpc) is 3.34. The molecule has 2 aromatic rings. The van der Waals surface area contributed by atoms with Gasteiger partial charge in [-0.3, -0.25) is 14.5 Å². The number of hydrogen-bond acceptors (Lipinski definition) is 4. The normalized spacial score (nSPS) is 23.9. The molecule has 2 fully saturated rings. The number of nitrogens with zero attached hydrogens (tertiary/aromatic N) is 1. The summed E-state index contributed by atoms with van der Waals surface area (Å²) < 4.78 is 45.1. The highest BCUT2D eigenvalue weighted by molar-refractivity contribution is 5.96. The Labute approximate surface area is 228 Å². The molecule has 2 aromatic carbocycles. The Hall–Kier alpha value is -2.91. The molecule has 1 saturated carbocycles. The van der Waals surface area contributed by atoms with Crippen molar-refractivity contribution in [3.05, 3.63) is 71.3 Å². The standard InChI is InChI=1S/C30H38F3N3O3/c1-2-3-16-39-27-20-36(25-14-12-22(13-15-25)21-8-5-4-6-9-21)19-26(27)35-28(37)18-34-29(38)23-10-7-11-24(17-23)30(31,32)33/h4-11,17,22,25-27H,2-3,12-16,18-20H2,1H3,(H,34,38)(H,35,37)/t22?,25?,26-,27-/m0/s1. The van der Waals surface area contributed by atoms with Crippen LogP contribution in [-0.2, 0) is 15.7 Å². The van der Waals surface area contributed by atoms with Crippen LogP contribution in [0.15, 0.2) is 54.6 Å². The molecule has 2 atom stereocenters. The second kappa shape index (κ2) is 13.4. The first-order valence-corrected chi connectivity index (χ1v) is 13.9. The van der Waals surface area contributed by atoms with Crippen LogP contribution >= 0.6 is 0 Å². The number of nitrogens with one attached hydrogen (secondary N) is 2. The van der Waals surface area contributed by atoms with Crippen molar-refractivity contribution in [2.75, 3.05) is 26.2 Å². The van der Waals surface area contributed by atoms with E-state index in [1.165, 1.54) is 17.7 Å². The zero-order chi connectivity index (χ0) is 27.8. The smallest absolute Gasteiger partial charge is 0.375 e. The Bertz CT molecular complexity index is 1090. The number of unbranched alkanes of at least 4 members (excludes halogenated alkanes) is 1. The number of ether oxygens (including phenoxy) is 1. The van der Waals surface area contributed by atoms with Gasteiger partial charge < -0.3 is 15.4 Å². The maximum Gasteiger partial charge on any atom is 0.416 e. The third-order valence-electron chi connectivity index (χ3n) is 7.82. The molecule has 1 aliphatic carbocycles. The van der Waals surface area contributed by atoms with Crippen LogP contribution in [0.1, 0.15) is 72.9 Å². The van der Waals surface area contributed by atoms with Crippen LogP contribution in [0.5, 0.6) is 0 Å². The summed E-state index contributed by atoms with van der Waals surface area (Å²) in [5.74, 6) is -0.535. The molecule has 0 bridgehead atoms. The first-order valence-electron chi connectivity index (χ1n) is 13.9. The molecular formula is C30H38F3N3O3. The highest BCUT2D eigenvalue weighted by Crippen LogP contribution is 2.36. The first kappa shape index (κ1) is 29.1. The van der Waals surface area contributed by atoms with Crippen molar-refractivity contribution in [3.8, 4) is 0 Å². The van der Waals surface area contributed by atoms with Gasteiger partial charge in [0.05, 0.1) is 24.3 Å². The van der Waals surface area contributed by atoms with Gasteiger partial charge in [-0.1, -0.05) is 49.7 Å². The van der Waals surface area contributed by atoms with Crippen molar-refractivity contribution >= 4 is 11.8 Å². The molecule has 0 radical (unpaired) electrons. The maximum absolute atomic E-state index is 13.0. The fraction of sp³-hybridized carbons (Fsp3) is 0.533. The Morgan fingerprint density at radius 2 is 1.74 bits per heavy atom. The van der Waals surface area contributed by atoms with E-state index in [9.17, 15) is 22.8 Å². The molecule has 1 heterocycles. The summed E-state index contributed by atoms with van der Waals surface area (Å²) in [7, 11) is 0. The van der Waals surface area contributed by atoms with Gasteiger partial charge in [0, 0.05) is 31.3 Å². The molecule has 9 heteroatoms. The second-order valence-electron chi connectivity index (χ2n) is 10.6. The van der Waals surface area contributed by atoms with Crippen molar-refractivity contribution in [2.45, 2.75) is 75.7 Å². The number of hydrogen-bond donors (Lipinski definition) is 2. The van der Waals surface area contributed by atoms with E-state index < -0.39 is 17.6 Å². The van der Waals surface area contributed by atoms with Gasteiger partial charge in [0.2, 0.25) is 5.91 Å². The Morgan fingerprint density at radius 1 is 1.00 bits per heavy atom. The third-order valence-corrected chi connectivity index (χ3v) is 7.82. The van der Waals surface area contributed by atoms with E-state index >= 15 is 0 Å². The number of carbonyl (C=O) groups excluding carboxylic acids is 2. The summed E-state index contributed by atoms with van der Waals surface area (Å²) in [6, 6.07) is 15.0. The number of benzene rings is 2. The van der Waals surface area contributed by atoms with Gasteiger partial charge >= 0.3 is 6.18 Å². The molecule has 2 aliphatic rings. The number of alkyl halides is 3. The van der Waals surface area contributed by atoms with E-state index in [0.29, 0.717) is 25.1 Å². The van der Waals surface area contributed by atoms with Crippen LogP contribution in [0.3, 0.4) is 0 Å². The summed E-state index contributed by atoms with van der Waals surface area (Å²) >= 11 is 0. The van der Waals surface area contributed by atoms with Crippen LogP contribution in [0.4, 0.5) is 13.2 Å². The predicted octanol–water partition coefficient (Wildman–Crippen LogP) is 5.15. The molecule has 1 aliphatic heterocycles. The van der Waals surface area contributed by atoms with Crippen LogP contribution < -0.4 is 10.6 Å². The minimum atomic E-state index is -4.55. The van der Waals surface area contributed by atoms with Crippen LogP contribution in [0.2, 0.25) is 0 Å². The zero-order valence-electron chi connectivity index (χ0n) is 22.4. The molecule has 1 saturated heterocycles. The van der Waals surface area contributed by atoms with Crippen LogP contribution in [-0.4, -0.2) is 61.1 Å². The predicted molar refractivity (Wildman–Crippen MR) is 143 cm³/mol. The van der Waals surface area contributed by atoms with Gasteiger partial charge in [0.1, 0.15) is 0 Å². The Kier molecular flexibility index (Phi) is 10.0. The summed E-state index contributed by atoms with van der Waals surface area (Å²) in [4.78, 5) is 27.6. The molecule has 212 valence electrons. The number of amides is 2. The molecule has 2 N–H and O–H groups in total. The average molecular weight is 546 g/mol. The summed E-state index contributed by atoms with van der Waals surface area (Å²) in [6.07, 6.45) is 1.70. The lowest BCUT2D eigenvalue weighted by atomic mass is 9.81. The monoisotopic (exact) mass is 545 g/mol. The van der Waals surface area contributed by atoms with Crippen molar-refractivity contribution in [1.82, 2.24) is 15.5 Å². The summed E-state index contributed by atoms with van der Waals surface area (Å²) in [6.45, 7) is 3.81. The van der Waals surface area contributed by atoms with E-state index in [0.717, 1.165) is 57.2 Å². The quantitative estimate of drug-likeness (QED) is 0.406. The molecule has 4 rings (SSSR count). The number of rotatable bonds is 10. The lowest BCUT2D eigenvalue weighted by Gasteiger charge is -2.34. The molecule has 2 amide bonds. The van der Waals surface area contributed by atoms with Crippen molar-refractivity contribution in [3.63, 3.8) is 0 Å². The minimum absolute atomic E-state index is 0.142. The highest BCUT2D eigenvalue weighted by atomic mass is 19.4. The highest BCUT2D eigenvalue weighted by Gasteiger charge is 2.39. The van der Waals surface area contributed by atoms with Gasteiger partial charge in [-0.2, -0.15) is 13.2 Å². The van der Waals surface area contributed by atoms with Gasteiger partial charge in [-0.25, -0.2) is 0 Å². The SMILES string of the molecule is CCCCO[C@H]1CN(C2CCC(c3ccccc3)CC2)C[C@@H]1NC(=O)CNC(=O)c1cccc(C(F)(F)F)c1. The van der Waals surface area contributed by atoms with Crippen molar-refractivity contribution < 1.29 is 27.5 Å². The van der Waals surface area contributed by atoms with E-state index in [1.807, 2.05) is 6.07 Å². The molecule has 0 unspecified atom stereocenters. The first-order chi connectivity index (χ1) is 18.7. The van der Waals surface area contributed by atoms with E-state index in [1.54, 1.807) is 0 Å². The van der Waals surface area contributed by atoms with Gasteiger partial charge in [-0.05, 0) is 61.8 Å². The molecule has 0 spiro atoms. The lowest BCUT2D eigenvalue weighted by molar-refractivity contribution is -0.137. The fourth-order valence-electron chi connectivity index (χ4n) is 5.64. The molecule has 39 heavy (non-hydrogen) atoms. The summed E-state index contributed by atoms with van der Waals surface area (Å²) in [5, 5.41) is 5.44. The number of halogens is 3. The lowest BCUT2D eigenvalue weighted by Crippen LogP contribution is -2.48. The fourth-order valence-corrected chi connectivity index (χ4v) is 5.64. The van der Waals surface area contributed by atoms with E-state index in [-0.39, 0.29) is 30.2 Å². The Balaban J connectivity index is 1.30. The zero-order valence-corrected chi connectivity index (χ0v) is 22.4. The van der Waals surface area contributed by atoms with Crippen LogP contribution in [0.25, 0.3) is 0 Å². The third kappa shape index (κ3) is 8.05. The van der Waals surface area contributed by atoms with Gasteiger partial charge in [0.25, 0.3) is 5.91 Å². The number of carbonyl (C=O) groups is 2. The van der Waals surface area contributed by atoms with E-state index in [4.69, 9.17) is 4.74 Å². The molecule has 0 aromatic heterocycles. The second-order valence-corrected chi connectivity index (χ2v) is 10.6. The van der Waals surface area contributed by atoms with Gasteiger partial charge in [0.15, 0.2) is 0 Å². The van der Waals surface area contributed by atoms with Crippen molar-refractivity contribution in [2.24, 2.45) is 0 Å². The van der Waals surface area contributed by atoms with E-state index in [2.05, 4.69) is 46.7 Å². The van der Waals surface area contributed by atoms with Crippen LogP contribution in [0, 0.1) is 0 Å². The summed E-state index contributed by atoms with van der Waals surface area (Å²) in [5.41, 5.74) is 0.350.